The van der Waals surface area contributed by atoms with E-state index >= 15 is 0 Å². The number of anilines is 3. The maximum Gasteiger partial charge on any atom is 0.294 e. The number of fused-ring (bicyclic) bond motifs is 10. The van der Waals surface area contributed by atoms with Crippen LogP contribution in [0.1, 0.15) is 211 Å². The fourth-order valence-electron chi connectivity index (χ4n) is 17.5. The van der Waals surface area contributed by atoms with Gasteiger partial charge in [0, 0.05) is 78.5 Å². The molecule has 4 heterocycles. The molecule has 0 spiro atoms. The summed E-state index contributed by atoms with van der Waals surface area (Å²) in [5.74, 6) is 0. The van der Waals surface area contributed by atoms with E-state index < -0.39 is 10.1 Å². The van der Waals surface area contributed by atoms with Gasteiger partial charge < -0.3 is 14.7 Å². The van der Waals surface area contributed by atoms with E-state index in [1.165, 1.54) is 194 Å². The summed E-state index contributed by atoms with van der Waals surface area (Å²) in [5, 5.41) is 8.16. The highest BCUT2D eigenvalue weighted by molar-refractivity contribution is 8.03. The van der Waals surface area contributed by atoms with Gasteiger partial charge in [-0.05, 0) is 214 Å². The van der Waals surface area contributed by atoms with Gasteiger partial charge in [-0.3, -0.25) is 4.55 Å². The molecule has 0 saturated carbocycles. The van der Waals surface area contributed by atoms with Crippen LogP contribution in [-0.2, 0) is 38.2 Å². The molecule has 5 aliphatic rings. The molecule has 0 unspecified atom stereocenters. The molecule has 0 bridgehead atoms. The van der Waals surface area contributed by atoms with Crippen LogP contribution in [0.3, 0.4) is 0 Å². The van der Waals surface area contributed by atoms with Crippen LogP contribution in [0.15, 0.2) is 280 Å². The number of aryl methyl sites for hydroxylation is 2. The number of nitrogens with zero attached hydrogens (tertiary/aromatic N) is 3. The average molecular weight is 1520 g/mol. The zero-order valence-electron chi connectivity index (χ0n) is 67.9. The van der Waals surface area contributed by atoms with Crippen molar-refractivity contribution in [2.75, 3.05) is 34.3 Å². The van der Waals surface area contributed by atoms with Gasteiger partial charge in [-0.1, -0.05) is 315 Å². The summed E-state index contributed by atoms with van der Waals surface area (Å²) < 4.78 is 30.9. The smallest absolute Gasteiger partial charge is 0.294 e. The monoisotopic (exact) mass is 1510 g/mol. The van der Waals surface area contributed by atoms with Crippen LogP contribution in [0.5, 0.6) is 0 Å². The molecule has 10 aromatic rings. The molecule has 3 aliphatic heterocycles. The third kappa shape index (κ3) is 16.4. The van der Waals surface area contributed by atoms with Crippen molar-refractivity contribution in [3.05, 3.63) is 320 Å². The summed E-state index contributed by atoms with van der Waals surface area (Å²) >= 11 is 3.75. The first-order chi connectivity index (χ1) is 52.9. The number of benzene rings is 9. The fourth-order valence-corrected chi connectivity index (χ4v) is 20.3. The zero-order valence-corrected chi connectivity index (χ0v) is 70.4. The van der Waals surface area contributed by atoms with Crippen molar-refractivity contribution in [3.8, 4) is 0 Å². The molecule has 0 atom stereocenters. The number of hydrogen-bond acceptors (Lipinski definition) is 7. The number of thioether (sulfide) groups is 1. The molecular weight excluding hydrogens is 1400 g/mol. The first-order valence-electron chi connectivity index (χ1n) is 40.5. The lowest BCUT2D eigenvalue weighted by Gasteiger charge is -2.27. The Morgan fingerprint density at radius 2 is 0.945 bits per heavy atom. The second kappa shape index (κ2) is 34.8. The van der Waals surface area contributed by atoms with Crippen molar-refractivity contribution < 1.29 is 13.0 Å². The van der Waals surface area contributed by atoms with Crippen LogP contribution in [0.2, 0.25) is 0 Å². The van der Waals surface area contributed by atoms with Crippen molar-refractivity contribution in [2.24, 2.45) is 0 Å². The van der Waals surface area contributed by atoms with Crippen molar-refractivity contribution in [1.29, 1.82) is 0 Å². The maximum atomic E-state index is 10.5. The first kappa shape index (κ1) is 80.6. The van der Waals surface area contributed by atoms with E-state index in [4.69, 9.17) is 4.55 Å². The van der Waals surface area contributed by atoms with Crippen LogP contribution in [-0.4, -0.2) is 32.6 Å². The Morgan fingerprint density at radius 3 is 1.56 bits per heavy atom. The minimum atomic E-state index is -4.02. The van der Waals surface area contributed by atoms with E-state index in [9.17, 15) is 8.42 Å². The Balaban J connectivity index is 0.000000147. The van der Waals surface area contributed by atoms with Gasteiger partial charge in [-0.25, -0.2) is 0 Å². The molecule has 1 N–H and O–H groups in total. The van der Waals surface area contributed by atoms with Crippen LogP contribution in [0, 0.1) is 6.92 Å². The van der Waals surface area contributed by atoms with Crippen molar-refractivity contribution in [3.63, 3.8) is 0 Å². The van der Waals surface area contributed by atoms with Crippen molar-refractivity contribution in [2.45, 2.75) is 206 Å². The molecule has 0 radical (unpaired) electrons. The van der Waals surface area contributed by atoms with Gasteiger partial charge in [0.25, 0.3) is 10.1 Å². The number of para-hydroxylation sites is 2. The highest BCUT2D eigenvalue weighted by Crippen LogP contribution is 2.55. The summed E-state index contributed by atoms with van der Waals surface area (Å²) in [6.45, 7) is 37.8. The fraction of sp³-hybridized carbons (Fsp3) is 0.327. The minimum Gasteiger partial charge on any atom is -0.344 e. The van der Waals surface area contributed by atoms with Gasteiger partial charge in [0.2, 0.25) is 0 Å². The first-order valence-corrected chi connectivity index (χ1v) is 43.5. The second-order valence-corrected chi connectivity index (χ2v) is 35.6. The predicted molar refractivity (Wildman–Crippen MR) is 479 cm³/mol. The maximum absolute atomic E-state index is 10.5. The molecule has 1 aromatic heterocycles. The number of unbranched alkanes of at least 4 members (excludes halogenated alkanes) is 4. The van der Waals surface area contributed by atoms with Gasteiger partial charge in [0.15, 0.2) is 0 Å². The summed E-state index contributed by atoms with van der Waals surface area (Å²) in [6, 6.07) is 68.5. The van der Waals surface area contributed by atoms with Gasteiger partial charge in [-0.2, -0.15) is 8.42 Å². The number of hydrogen-bond donors (Lipinski definition) is 1. The van der Waals surface area contributed by atoms with Gasteiger partial charge in [0.05, 0.1) is 15.6 Å². The molecule has 6 nitrogen and oxygen atoms in total. The van der Waals surface area contributed by atoms with Crippen LogP contribution < -0.4 is 14.7 Å². The molecular formula is C101H115N3O3S3. The molecule has 2 aliphatic carbocycles. The van der Waals surface area contributed by atoms with Gasteiger partial charge >= 0.3 is 0 Å². The summed E-state index contributed by atoms with van der Waals surface area (Å²) in [7, 11) is -4.02. The molecule has 110 heavy (non-hydrogen) atoms. The third-order valence-electron chi connectivity index (χ3n) is 23.3. The predicted octanol–water partition coefficient (Wildman–Crippen LogP) is 28.4. The van der Waals surface area contributed by atoms with E-state index in [0.29, 0.717) is 0 Å². The summed E-state index contributed by atoms with van der Waals surface area (Å²) in [6.07, 6.45) is 34.1. The second-order valence-electron chi connectivity index (χ2n) is 32.0. The highest BCUT2D eigenvalue weighted by atomic mass is 32.2. The lowest BCUT2D eigenvalue weighted by atomic mass is 9.78. The zero-order chi connectivity index (χ0) is 78.1. The molecule has 0 fully saturated rings. The van der Waals surface area contributed by atoms with Crippen molar-refractivity contribution >= 4 is 99.1 Å². The lowest BCUT2D eigenvalue weighted by molar-refractivity contribution is 0.483. The largest absolute Gasteiger partial charge is 0.344 e. The lowest BCUT2D eigenvalue weighted by Crippen LogP contribution is -2.27. The quantitative estimate of drug-likeness (QED) is 0.0719. The number of rotatable bonds is 21. The standard InChI is InChI=1S/C40H45N.C32H41N.C22H21NS2.C7H8O3S/c1-7-9-18-32-33-25-23-28-16-11-13-19-30(28)37(33)39(3,4)34(32)21-15-22-36-40(5,6)38-31-20-14-12-17-29(31)24-26-35(38)41(36)27-10-8-2;1-7-9-16-24-25-17-11-12-18-26(25)31(3,4)27(24)20-15-22-30-32(5,6)28-19-13-14-21-29(28)33(30)23-10-8-2;1-3-16-17-10-5-7-12-20(17)24-19(16)14-9-15-22-23(4-2)18-11-6-8-13-21(18)25-22;1-6-2-4-7(5-3-6)11(8,9)10/h11-17,19-26H,7-10,18,27H2,1-6H3;11-15,17-22H,7-10,16,23H2,1-6H3;5-15H,3-4H2,1-2H3;2-5H,1H3,(H,8,9,10)/b21-15+,36-22-;20-15+,30-22-;14-9+,22-15-;. The topological polar surface area (TPSA) is 64.1 Å². The Kier molecular flexibility index (Phi) is 25.4. The van der Waals surface area contributed by atoms with Gasteiger partial charge in [0.1, 0.15) is 0 Å². The number of allylic oxidation sites excluding steroid dienone is 14. The molecule has 15 rings (SSSR count). The average Bonchev–Trinajstić information content (AvgIpc) is 1.58. The van der Waals surface area contributed by atoms with E-state index in [1.54, 1.807) is 17.7 Å². The van der Waals surface area contributed by atoms with Crippen molar-refractivity contribution in [1.82, 2.24) is 0 Å². The van der Waals surface area contributed by atoms with E-state index in [0.717, 1.165) is 44.5 Å². The van der Waals surface area contributed by atoms with Crippen LogP contribution in [0.25, 0.3) is 48.9 Å². The SMILES string of the molecule is CCCCC1=C(/C=C/C=C2\N(CCCC)c3ccc4ccccc4c3C2(C)C)C(C)(C)c2c1ccc1ccccc21.CCCCC1=C(/C=C/C=C2\N(CCCC)c3ccccc3C2(C)C)C(C)(C)c2ccccc21.CCc1c(/C=C/C=C2\Sc3ccccc3N2CC)sc2ccccc12.Cc1ccc(S(=O)(=O)O)cc1. The Labute approximate surface area is 667 Å². The molecule has 570 valence electrons. The normalized spacial score (nSPS) is 17.4. The molecule has 0 saturated heterocycles. The molecule has 9 aromatic carbocycles. The summed E-state index contributed by atoms with van der Waals surface area (Å²) in [4.78, 5) is 10.2. The van der Waals surface area contributed by atoms with E-state index in [2.05, 4.69) is 336 Å². The summed E-state index contributed by atoms with van der Waals surface area (Å²) in [5.41, 5.74) is 24.1. The minimum absolute atomic E-state index is 0.0161. The van der Waals surface area contributed by atoms with Crippen LogP contribution >= 0.6 is 23.1 Å². The van der Waals surface area contributed by atoms with Crippen LogP contribution in [0.4, 0.5) is 17.1 Å². The Bertz CT molecular complexity index is 5370. The number of thiophene rings is 1. The van der Waals surface area contributed by atoms with E-state index in [1.807, 2.05) is 30.0 Å². The third-order valence-corrected chi connectivity index (χ3v) is 26.4. The Morgan fingerprint density at radius 1 is 0.436 bits per heavy atom. The highest BCUT2D eigenvalue weighted by Gasteiger charge is 2.43. The van der Waals surface area contributed by atoms with E-state index in [-0.39, 0.29) is 26.6 Å². The molecule has 0 amide bonds. The molecule has 9 heteroatoms. The Hall–Kier alpha value is -8.96. The van der Waals surface area contributed by atoms with Gasteiger partial charge in [-0.15, -0.1) is 11.3 Å².